The van der Waals surface area contributed by atoms with Crippen LogP contribution < -0.4 is 10.5 Å². The number of hydrogen-bond donors (Lipinski definition) is 1. The number of carbonyl (C=O) groups is 2. The van der Waals surface area contributed by atoms with Gasteiger partial charge in [-0.1, -0.05) is 41.1 Å². The maximum atomic E-state index is 14.3. The monoisotopic (exact) mass is 506 g/mol. The lowest BCUT2D eigenvalue weighted by Gasteiger charge is -2.39. The number of benzene rings is 2. The van der Waals surface area contributed by atoms with Crippen LogP contribution in [0, 0.1) is 5.82 Å². The molecule has 0 unspecified atom stereocenters. The highest BCUT2D eigenvalue weighted by Gasteiger charge is 2.38. The molecule has 0 aliphatic carbocycles. The van der Waals surface area contributed by atoms with Gasteiger partial charge in [0.15, 0.2) is 10.9 Å². The molecule has 1 fully saturated rings. The van der Waals surface area contributed by atoms with Crippen molar-refractivity contribution in [3.8, 4) is 16.9 Å². The van der Waals surface area contributed by atoms with Gasteiger partial charge in [-0.2, -0.15) is 0 Å². The standard InChI is InChI=1S/C22H17Cl2FN4O3S/c1-2-15(30)28-5-6-29-10(8-28)9-32-19-12(21(29)31)7-13(23)16(17(19)24)11-3-4-14(25)20-18(11)27-22(26)33-20/h2-4,7,10H,1,5-6,8-9H2,(H2,26,27)/t10-/m1/s1. The number of anilines is 1. The van der Waals surface area contributed by atoms with Gasteiger partial charge < -0.3 is 20.3 Å². The summed E-state index contributed by atoms with van der Waals surface area (Å²) >= 11 is 14.4. The van der Waals surface area contributed by atoms with Gasteiger partial charge >= 0.3 is 0 Å². The van der Waals surface area contributed by atoms with Crippen LogP contribution in [0.15, 0.2) is 30.9 Å². The molecule has 0 bridgehead atoms. The minimum atomic E-state index is -0.452. The van der Waals surface area contributed by atoms with Gasteiger partial charge in [0.1, 0.15) is 12.4 Å². The van der Waals surface area contributed by atoms with Gasteiger partial charge in [-0.15, -0.1) is 0 Å². The van der Waals surface area contributed by atoms with Gasteiger partial charge in [0, 0.05) is 30.8 Å². The van der Waals surface area contributed by atoms with Crippen LogP contribution in [0.1, 0.15) is 10.4 Å². The van der Waals surface area contributed by atoms with E-state index in [1.165, 1.54) is 24.3 Å². The van der Waals surface area contributed by atoms with E-state index in [0.29, 0.717) is 36.3 Å². The largest absolute Gasteiger partial charge is 0.489 e. The van der Waals surface area contributed by atoms with E-state index in [1.54, 1.807) is 9.80 Å². The van der Waals surface area contributed by atoms with Gasteiger partial charge in [-0.05, 0) is 24.3 Å². The predicted octanol–water partition coefficient (Wildman–Crippen LogP) is 4.22. The first kappa shape index (κ1) is 21.9. The van der Waals surface area contributed by atoms with E-state index in [-0.39, 0.29) is 55.7 Å². The lowest BCUT2D eigenvalue weighted by atomic mass is 10.0. The Morgan fingerprint density at radius 3 is 2.88 bits per heavy atom. The molecule has 170 valence electrons. The quantitative estimate of drug-likeness (QED) is 0.525. The summed E-state index contributed by atoms with van der Waals surface area (Å²) < 4.78 is 20.6. The van der Waals surface area contributed by atoms with Crippen molar-refractivity contribution in [1.29, 1.82) is 0 Å². The fourth-order valence-electron chi connectivity index (χ4n) is 4.27. The van der Waals surface area contributed by atoms with Crippen LogP contribution in [0.5, 0.6) is 5.75 Å². The van der Waals surface area contributed by atoms with Crippen LogP contribution in [0.3, 0.4) is 0 Å². The normalized spacial score (nSPS) is 17.9. The van der Waals surface area contributed by atoms with Crippen LogP contribution in [0.2, 0.25) is 10.0 Å². The maximum absolute atomic E-state index is 14.3. The molecule has 0 radical (unpaired) electrons. The Morgan fingerprint density at radius 2 is 2.12 bits per heavy atom. The lowest BCUT2D eigenvalue weighted by molar-refractivity contribution is -0.128. The Bertz CT molecular complexity index is 1350. The first-order valence-electron chi connectivity index (χ1n) is 10.0. The minimum Gasteiger partial charge on any atom is -0.489 e. The first-order chi connectivity index (χ1) is 15.8. The zero-order chi connectivity index (χ0) is 23.4. The fourth-order valence-corrected chi connectivity index (χ4v) is 5.75. The molecule has 2 amide bonds. The zero-order valence-electron chi connectivity index (χ0n) is 17.1. The van der Waals surface area contributed by atoms with E-state index >= 15 is 0 Å². The summed E-state index contributed by atoms with van der Waals surface area (Å²) in [6, 6.07) is 3.98. The third-order valence-electron chi connectivity index (χ3n) is 5.84. The van der Waals surface area contributed by atoms with Crippen molar-refractivity contribution in [3.05, 3.63) is 52.3 Å². The van der Waals surface area contributed by atoms with Gasteiger partial charge in [0.2, 0.25) is 5.91 Å². The van der Waals surface area contributed by atoms with Crippen molar-refractivity contribution in [2.24, 2.45) is 0 Å². The molecule has 1 atom stereocenters. The molecule has 2 aromatic carbocycles. The third kappa shape index (κ3) is 3.51. The smallest absolute Gasteiger partial charge is 0.258 e. The Hall–Kier alpha value is -2.88. The van der Waals surface area contributed by atoms with Crippen molar-refractivity contribution in [1.82, 2.24) is 14.8 Å². The molecule has 1 aromatic heterocycles. The molecule has 3 aromatic rings. The number of carbonyl (C=O) groups excluding carboxylic acids is 2. The second-order valence-electron chi connectivity index (χ2n) is 7.70. The zero-order valence-corrected chi connectivity index (χ0v) is 19.4. The van der Waals surface area contributed by atoms with Crippen LogP contribution in [-0.4, -0.2) is 58.9 Å². The van der Waals surface area contributed by atoms with Gasteiger partial charge in [-0.3, -0.25) is 9.59 Å². The summed E-state index contributed by atoms with van der Waals surface area (Å²) in [5.41, 5.74) is 7.23. The number of fused-ring (bicyclic) bond motifs is 3. The fraction of sp³-hybridized carbons (Fsp3) is 0.227. The first-order valence-corrected chi connectivity index (χ1v) is 11.6. The summed E-state index contributed by atoms with van der Waals surface area (Å²) in [6.45, 7) is 4.72. The van der Waals surface area contributed by atoms with E-state index in [2.05, 4.69) is 11.6 Å². The summed E-state index contributed by atoms with van der Waals surface area (Å²) in [7, 11) is 0. The Balaban J connectivity index is 1.60. The van der Waals surface area contributed by atoms with Gasteiger partial charge in [0.05, 0.1) is 31.9 Å². The van der Waals surface area contributed by atoms with Crippen LogP contribution in [-0.2, 0) is 4.79 Å². The number of nitrogens with zero attached hydrogens (tertiary/aromatic N) is 3. The second-order valence-corrected chi connectivity index (χ2v) is 9.52. The second kappa shape index (κ2) is 8.16. The Morgan fingerprint density at radius 1 is 1.33 bits per heavy atom. The van der Waals surface area contributed by atoms with Crippen LogP contribution >= 0.6 is 34.5 Å². The molecule has 11 heteroatoms. The SMILES string of the molecule is C=CC(=O)N1CCN2C(=O)c3cc(Cl)c(-c4ccc(F)c5sc(N)nc45)c(Cl)c3OC[C@H]2C1. The number of rotatable bonds is 2. The number of nitrogen functional groups attached to an aromatic ring is 1. The molecule has 3 heterocycles. The molecule has 2 N–H and O–H groups in total. The average molecular weight is 507 g/mol. The van der Waals surface area contributed by atoms with Crippen molar-refractivity contribution < 1.29 is 18.7 Å². The van der Waals surface area contributed by atoms with Crippen molar-refractivity contribution in [3.63, 3.8) is 0 Å². The van der Waals surface area contributed by atoms with Crippen molar-refractivity contribution in [2.75, 3.05) is 32.0 Å². The van der Waals surface area contributed by atoms with Gasteiger partial charge in [-0.25, -0.2) is 9.37 Å². The molecular formula is C22H17Cl2FN4O3S. The number of thiazole rings is 1. The summed E-state index contributed by atoms with van der Waals surface area (Å²) in [6.07, 6.45) is 1.25. The Kier molecular flexibility index (Phi) is 5.43. The van der Waals surface area contributed by atoms with Crippen LogP contribution in [0.4, 0.5) is 9.52 Å². The topological polar surface area (TPSA) is 88.8 Å². The number of hydrogen-bond acceptors (Lipinski definition) is 6. The number of piperazine rings is 1. The number of nitrogens with two attached hydrogens (primary N) is 1. The lowest BCUT2D eigenvalue weighted by Crippen LogP contribution is -2.57. The molecule has 2 aliphatic heterocycles. The average Bonchev–Trinajstić information content (AvgIpc) is 3.14. The number of ether oxygens (including phenoxy) is 1. The van der Waals surface area contributed by atoms with Crippen molar-refractivity contribution in [2.45, 2.75) is 6.04 Å². The highest BCUT2D eigenvalue weighted by molar-refractivity contribution is 7.22. The molecule has 5 rings (SSSR count). The van der Waals surface area contributed by atoms with Gasteiger partial charge in [0.25, 0.3) is 5.91 Å². The van der Waals surface area contributed by atoms with E-state index < -0.39 is 5.82 Å². The Labute approximate surface area is 202 Å². The molecule has 0 spiro atoms. The minimum absolute atomic E-state index is 0.129. The summed E-state index contributed by atoms with van der Waals surface area (Å²) in [4.78, 5) is 32.9. The predicted molar refractivity (Wildman–Crippen MR) is 127 cm³/mol. The van der Waals surface area contributed by atoms with Crippen LogP contribution in [0.25, 0.3) is 21.3 Å². The molecule has 33 heavy (non-hydrogen) atoms. The number of aromatic nitrogens is 1. The molecule has 2 aliphatic rings. The third-order valence-corrected chi connectivity index (χ3v) is 7.39. The van der Waals surface area contributed by atoms with Crippen molar-refractivity contribution >= 4 is 61.7 Å². The summed E-state index contributed by atoms with van der Waals surface area (Å²) in [5, 5.41) is 0.540. The van der Waals surface area contributed by atoms with E-state index in [9.17, 15) is 14.0 Å². The van der Waals surface area contributed by atoms with E-state index in [1.807, 2.05) is 0 Å². The molecule has 7 nitrogen and oxygen atoms in total. The van der Waals surface area contributed by atoms with E-state index in [4.69, 9.17) is 33.7 Å². The summed E-state index contributed by atoms with van der Waals surface area (Å²) in [5.74, 6) is -0.740. The maximum Gasteiger partial charge on any atom is 0.258 e. The highest BCUT2D eigenvalue weighted by Crippen LogP contribution is 2.47. The number of amides is 2. The molecular weight excluding hydrogens is 490 g/mol. The number of halogens is 3. The molecule has 1 saturated heterocycles. The highest BCUT2D eigenvalue weighted by atomic mass is 35.5. The van der Waals surface area contributed by atoms with E-state index in [0.717, 1.165) is 11.3 Å². The molecule has 0 saturated carbocycles.